The van der Waals surface area contributed by atoms with Crippen molar-refractivity contribution >= 4 is 11.3 Å². The average molecular weight is 304 g/mol. The number of pyridine rings is 1. The van der Waals surface area contributed by atoms with Crippen LogP contribution in [0.2, 0.25) is 0 Å². The van der Waals surface area contributed by atoms with Gasteiger partial charge >= 0.3 is 0 Å². The van der Waals surface area contributed by atoms with E-state index in [2.05, 4.69) is 4.98 Å². The Morgan fingerprint density at radius 2 is 2.09 bits per heavy atom. The van der Waals surface area contributed by atoms with Gasteiger partial charge in [0.2, 0.25) is 0 Å². The zero-order chi connectivity index (χ0) is 15.7. The van der Waals surface area contributed by atoms with Gasteiger partial charge in [-0.15, -0.1) is 0 Å². The lowest BCUT2D eigenvalue weighted by molar-refractivity contribution is -0.384. The molecule has 1 aromatic heterocycles. The number of ether oxygens (including phenoxy) is 1. The normalized spacial score (nSPS) is 16.7. The minimum absolute atomic E-state index is 0.139. The van der Waals surface area contributed by atoms with Gasteiger partial charge in [-0.3, -0.25) is 15.1 Å². The molecular weight excluding hydrogens is 294 g/mol. The van der Waals surface area contributed by atoms with Crippen molar-refractivity contribution in [3.63, 3.8) is 0 Å². The van der Waals surface area contributed by atoms with Crippen LogP contribution in [0.1, 0.15) is 11.3 Å². The standard InChI is InChI=1S/C15H10F2N2O3/c16-15(17)14-8-10(12-3-1-2-6-18-12)11-7-9(19(20)21)4-5-13(11)22-14/h1-8,14-15H. The summed E-state index contributed by atoms with van der Waals surface area (Å²) in [6, 6.07) is 8.93. The van der Waals surface area contributed by atoms with Crippen LogP contribution in [0, 0.1) is 10.1 Å². The number of aromatic nitrogens is 1. The molecule has 0 amide bonds. The molecule has 0 radical (unpaired) electrons. The highest BCUT2D eigenvalue weighted by molar-refractivity contribution is 5.83. The van der Waals surface area contributed by atoms with Crippen molar-refractivity contribution in [2.75, 3.05) is 0 Å². The molecule has 0 spiro atoms. The number of non-ortho nitro benzene ring substituents is 1. The van der Waals surface area contributed by atoms with Gasteiger partial charge in [0.15, 0.2) is 6.10 Å². The number of fused-ring (bicyclic) bond motifs is 1. The lowest BCUT2D eigenvalue weighted by Crippen LogP contribution is -2.26. The zero-order valence-electron chi connectivity index (χ0n) is 11.1. The van der Waals surface area contributed by atoms with Crippen LogP contribution < -0.4 is 4.74 Å². The molecular formula is C15H10F2N2O3. The first-order chi connectivity index (χ1) is 10.6. The van der Waals surface area contributed by atoms with Crippen molar-refractivity contribution in [1.29, 1.82) is 0 Å². The van der Waals surface area contributed by atoms with E-state index in [0.717, 1.165) is 0 Å². The van der Waals surface area contributed by atoms with Crippen LogP contribution in [0.25, 0.3) is 5.57 Å². The number of nitro benzene ring substituents is 1. The number of hydrogen-bond donors (Lipinski definition) is 0. The fourth-order valence-corrected chi connectivity index (χ4v) is 2.25. The van der Waals surface area contributed by atoms with Crippen molar-refractivity contribution in [2.24, 2.45) is 0 Å². The molecule has 1 aliphatic rings. The number of alkyl halides is 2. The zero-order valence-corrected chi connectivity index (χ0v) is 11.1. The molecule has 0 saturated carbocycles. The quantitative estimate of drug-likeness (QED) is 0.643. The van der Waals surface area contributed by atoms with Crippen molar-refractivity contribution in [1.82, 2.24) is 4.98 Å². The molecule has 3 rings (SSSR count). The van der Waals surface area contributed by atoms with Crippen LogP contribution >= 0.6 is 0 Å². The number of hydrogen-bond acceptors (Lipinski definition) is 4. The van der Waals surface area contributed by atoms with Gasteiger partial charge in [-0.2, -0.15) is 0 Å². The highest BCUT2D eigenvalue weighted by Gasteiger charge is 2.29. The SMILES string of the molecule is O=[N+]([O-])c1ccc2c(c1)C(c1ccccn1)=CC(C(F)F)O2. The van der Waals surface area contributed by atoms with Crippen LogP contribution in [-0.4, -0.2) is 22.4 Å². The predicted octanol–water partition coefficient (Wildman–Crippen LogP) is 3.45. The summed E-state index contributed by atoms with van der Waals surface area (Å²) in [5.74, 6) is 0.180. The number of rotatable bonds is 3. The Balaban J connectivity index is 2.16. The van der Waals surface area contributed by atoms with Gasteiger partial charge in [0.05, 0.1) is 10.6 Å². The van der Waals surface area contributed by atoms with E-state index in [4.69, 9.17) is 4.74 Å². The number of halogens is 2. The van der Waals surface area contributed by atoms with Gasteiger partial charge in [0.25, 0.3) is 12.1 Å². The summed E-state index contributed by atoms with van der Waals surface area (Å²) in [6.07, 6.45) is -1.34. The first kappa shape index (κ1) is 14.1. The van der Waals surface area contributed by atoms with Gasteiger partial charge in [0, 0.05) is 29.5 Å². The second-order valence-electron chi connectivity index (χ2n) is 4.65. The first-order valence-electron chi connectivity index (χ1n) is 6.43. The second kappa shape index (κ2) is 5.51. The average Bonchev–Trinajstić information content (AvgIpc) is 2.54. The molecule has 22 heavy (non-hydrogen) atoms. The maximum atomic E-state index is 13.0. The fraction of sp³-hybridized carbons (Fsp3) is 0.133. The minimum atomic E-state index is -2.71. The number of nitro groups is 1. The topological polar surface area (TPSA) is 65.3 Å². The Morgan fingerprint density at radius 3 is 2.73 bits per heavy atom. The van der Waals surface area contributed by atoms with Crippen LogP contribution in [0.15, 0.2) is 48.7 Å². The molecule has 5 nitrogen and oxygen atoms in total. The summed E-state index contributed by atoms with van der Waals surface area (Å²) in [5.41, 5.74) is 1.10. The molecule has 0 saturated heterocycles. The Kier molecular flexibility index (Phi) is 3.54. The van der Waals surface area contributed by atoms with E-state index >= 15 is 0 Å². The number of benzene rings is 1. The molecule has 2 aromatic rings. The fourth-order valence-electron chi connectivity index (χ4n) is 2.25. The third-order valence-electron chi connectivity index (χ3n) is 3.25. The summed E-state index contributed by atoms with van der Waals surface area (Å²) >= 11 is 0. The monoisotopic (exact) mass is 304 g/mol. The van der Waals surface area contributed by atoms with Crippen molar-refractivity contribution in [2.45, 2.75) is 12.5 Å². The van der Waals surface area contributed by atoms with E-state index < -0.39 is 17.5 Å². The largest absolute Gasteiger partial charge is 0.480 e. The first-order valence-corrected chi connectivity index (χ1v) is 6.43. The Morgan fingerprint density at radius 1 is 1.27 bits per heavy atom. The Bertz CT molecular complexity index is 748. The van der Waals surface area contributed by atoms with E-state index in [1.165, 1.54) is 30.5 Å². The summed E-state index contributed by atoms with van der Waals surface area (Å²) in [6.45, 7) is 0. The third-order valence-corrected chi connectivity index (χ3v) is 3.25. The van der Waals surface area contributed by atoms with Gasteiger partial charge < -0.3 is 4.74 Å². The summed E-state index contributed by atoms with van der Waals surface area (Å²) in [7, 11) is 0. The van der Waals surface area contributed by atoms with Gasteiger partial charge in [-0.05, 0) is 24.3 Å². The lowest BCUT2D eigenvalue weighted by Gasteiger charge is -2.24. The van der Waals surface area contributed by atoms with E-state index in [1.54, 1.807) is 18.2 Å². The molecule has 7 heteroatoms. The van der Waals surface area contributed by atoms with Gasteiger partial charge in [0.1, 0.15) is 5.75 Å². The Hall–Kier alpha value is -2.83. The van der Waals surface area contributed by atoms with Crippen LogP contribution in [0.5, 0.6) is 5.75 Å². The van der Waals surface area contributed by atoms with Crippen LogP contribution in [0.3, 0.4) is 0 Å². The molecule has 1 aromatic carbocycles. The number of nitrogens with zero attached hydrogens (tertiary/aromatic N) is 2. The smallest absolute Gasteiger partial charge is 0.278 e. The van der Waals surface area contributed by atoms with Gasteiger partial charge in [-0.1, -0.05) is 6.07 Å². The van der Waals surface area contributed by atoms with E-state index in [1.807, 2.05) is 0 Å². The van der Waals surface area contributed by atoms with E-state index in [9.17, 15) is 18.9 Å². The molecule has 1 atom stereocenters. The summed E-state index contributed by atoms with van der Waals surface area (Å²) < 4.78 is 31.2. The van der Waals surface area contributed by atoms with Crippen molar-refractivity contribution in [3.8, 4) is 5.75 Å². The summed E-state index contributed by atoms with van der Waals surface area (Å²) in [5, 5.41) is 10.9. The predicted molar refractivity (Wildman–Crippen MR) is 74.8 cm³/mol. The highest BCUT2D eigenvalue weighted by atomic mass is 19.3. The maximum Gasteiger partial charge on any atom is 0.278 e. The molecule has 0 N–H and O–H groups in total. The molecule has 1 aliphatic heterocycles. The lowest BCUT2D eigenvalue weighted by atomic mass is 9.96. The van der Waals surface area contributed by atoms with Gasteiger partial charge in [-0.25, -0.2) is 8.78 Å². The molecule has 0 fully saturated rings. The van der Waals surface area contributed by atoms with E-state index in [-0.39, 0.29) is 11.4 Å². The van der Waals surface area contributed by atoms with E-state index in [0.29, 0.717) is 16.8 Å². The van der Waals surface area contributed by atoms with Crippen LogP contribution in [0.4, 0.5) is 14.5 Å². The van der Waals surface area contributed by atoms with Crippen molar-refractivity contribution < 1.29 is 18.4 Å². The third kappa shape index (κ3) is 2.52. The highest BCUT2D eigenvalue weighted by Crippen LogP contribution is 2.38. The minimum Gasteiger partial charge on any atom is -0.480 e. The molecule has 2 heterocycles. The molecule has 1 unspecified atom stereocenters. The molecule has 0 aliphatic carbocycles. The summed E-state index contributed by atoms with van der Waals surface area (Å²) in [4.78, 5) is 14.5. The Labute approximate surface area is 124 Å². The van der Waals surface area contributed by atoms with Crippen LogP contribution in [-0.2, 0) is 0 Å². The molecule has 0 bridgehead atoms. The second-order valence-corrected chi connectivity index (χ2v) is 4.65. The maximum absolute atomic E-state index is 13.0. The molecule has 112 valence electrons. The van der Waals surface area contributed by atoms with Crippen molar-refractivity contribution in [3.05, 3.63) is 70.0 Å².